The molecule has 1 amide bonds. The fourth-order valence-corrected chi connectivity index (χ4v) is 2.44. The Balaban J connectivity index is 1.49. The number of ether oxygens (including phenoxy) is 3. The van der Waals surface area contributed by atoms with Crippen molar-refractivity contribution in [1.29, 1.82) is 0 Å². The Morgan fingerprint density at radius 2 is 1.88 bits per heavy atom. The molecule has 1 aliphatic heterocycles. The van der Waals surface area contributed by atoms with Crippen molar-refractivity contribution in [2.75, 3.05) is 19.8 Å². The van der Waals surface area contributed by atoms with Crippen LogP contribution in [0.15, 0.2) is 48.5 Å². The number of hydrogen-bond acceptors (Lipinski definition) is 4. The van der Waals surface area contributed by atoms with E-state index in [1.807, 2.05) is 36.4 Å². The van der Waals surface area contributed by atoms with E-state index in [9.17, 15) is 4.79 Å². The van der Waals surface area contributed by atoms with Gasteiger partial charge in [-0.15, -0.1) is 0 Å². The van der Waals surface area contributed by atoms with Crippen LogP contribution in [-0.2, 0) is 0 Å². The van der Waals surface area contributed by atoms with Gasteiger partial charge in [-0.1, -0.05) is 26.0 Å². The minimum Gasteiger partial charge on any atom is -0.493 e. The zero-order valence-electron chi connectivity index (χ0n) is 14.5. The van der Waals surface area contributed by atoms with Crippen molar-refractivity contribution in [2.45, 2.75) is 20.0 Å². The summed E-state index contributed by atoms with van der Waals surface area (Å²) in [6, 6.07) is 14.7. The Kier molecular flexibility index (Phi) is 5.43. The molecule has 2 aromatic carbocycles. The lowest BCUT2D eigenvalue weighted by molar-refractivity contribution is 0.0789. The van der Waals surface area contributed by atoms with Gasteiger partial charge in [0.05, 0.1) is 13.2 Å². The smallest absolute Gasteiger partial charge is 0.251 e. The minimum absolute atomic E-state index is 0.141. The highest BCUT2D eigenvalue weighted by Gasteiger charge is 2.21. The number of benzene rings is 2. The molecule has 0 aliphatic carbocycles. The first-order valence-corrected chi connectivity index (χ1v) is 8.51. The molecule has 5 heteroatoms. The lowest BCUT2D eigenvalue weighted by Crippen LogP contribution is -2.40. The van der Waals surface area contributed by atoms with Crippen molar-refractivity contribution >= 4 is 5.91 Å². The van der Waals surface area contributed by atoms with Crippen LogP contribution in [0.2, 0.25) is 0 Å². The average Bonchev–Trinajstić information content (AvgIpc) is 2.64. The average molecular weight is 341 g/mol. The lowest BCUT2D eigenvalue weighted by Gasteiger charge is -2.26. The van der Waals surface area contributed by atoms with Gasteiger partial charge < -0.3 is 19.5 Å². The second-order valence-electron chi connectivity index (χ2n) is 6.44. The molecule has 1 N–H and O–H groups in total. The summed E-state index contributed by atoms with van der Waals surface area (Å²) in [6.45, 7) is 5.65. The van der Waals surface area contributed by atoms with E-state index in [1.54, 1.807) is 12.1 Å². The molecule has 5 nitrogen and oxygen atoms in total. The third kappa shape index (κ3) is 4.66. The number of rotatable bonds is 6. The molecule has 0 bridgehead atoms. The molecule has 132 valence electrons. The maximum atomic E-state index is 12.3. The van der Waals surface area contributed by atoms with E-state index in [0.717, 1.165) is 11.5 Å². The standard InChI is InChI=1S/C20H23NO4/c1-14(2)12-23-16-9-7-15(8-10-16)20(22)21-11-17-13-24-18-5-3-4-6-19(18)25-17/h3-10,14,17H,11-13H2,1-2H3,(H,21,22)/t17-/m0/s1. The van der Waals surface area contributed by atoms with Crippen molar-refractivity contribution in [2.24, 2.45) is 5.92 Å². The molecule has 0 aromatic heterocycles. The third-order valence-corrected chi connectivity index (χ3v) is 3.76. The van der Waals surface area contributed by atoms with Crippen molar-refractivity contribution in [3.05, 3.63) is 54.1 Å². The number of para-hydroxylation sites is 2. The second-order valence-corrected chi connectivity index (χ2v) is 6.44. The van der Waals surface area contributed by atoms with Gasteiger partial charge in [-0.3, -0.25) is 4.79 Å². The van der Waals surface area contributed by atoms with Gasteiger partial charge in [-0.2, -0.15) is 0 Å². The SMILES string of the molecule is CC(C)COc1ccc(C(=O)NC[C@H]2COc3ccccc3O2)cc1. The first-order valence-electron chi connectivity index (χ1n) is 8.51. The summed E-state index contributed by atoms with van der Waals surface area (Å²) >= 11 is 0. The predicted molar refractivity (Wildman–Crippen MR) is 95.5 cm³/mol. The molecule has 0 fully saturated rings. The molecule has 1 aliphatic rings. The summed E-state index contributed by atoms with van der Waals surface area (Å²) in [6.07, 6.45) is -0.201. The Morgan fingerprint density at radius 1 is 1.16 bits per heavy atom. The fourth-order valence-electron chi connectivity index (χ4n) is 2.44. The summed E-state index contributed by atoms with van der Waals surface area (Å²) in [5, 5.41) is 2.88. The number of hydrogen-bond donors (Lipinski definition) is 1. The molecular formula is C20H23NO4. The number of amides is 1. The molecule has 1 atom stereocenters. The fraction of sp³-hybridized carbons (Fsp3) is 0.350. The van der Waals surface area contributed by atoms with Gasteiger partial charge in [0.25, 0.3) is 5.91 Å². The van der Waals surface area contributed by atoms with Gasteiger partial charge in [0.2, 0.25) is 0 Å². The van der Waals surface area contributed by atoms with Crippen LogP contribution < -0.4 is 19.5 Å². The van der Waals surface area contributed by atoms with Crippen LogP contribution in [0.4, 0.5) is 0 Å². The third-order valence-electron chi connectivity index (χ3n) is 3.76. The van der Waals surface area contributed by atoms with Crippen LogP contribution in [0.1, 0.15) is 24.2 Å². The van der Waals surface area contributed by atoms with Gasteiger partial charge in [-0.25, -0.2) is 0 Å². The Morgan fingerprint density at radius 3 is 2.60 bits per heavy atom. The van der Waals surface area contributed by atoms with Crippen LogP contribution in [0.3, 0.4) is 0 Å². The molecule has 1 heterocycles. The van der Waals surface area contributed by atoms with Gasteiger partial charge in [0.1, 0.15) is 18.5 Å². The van der Waals surface area contributed by atoms with Crippen LogP contribution >= 0.6 is 0 Å². The van der Waals surface area contributed by atoms with Crippen LogP contribution in [-0.4, -0.2) is 31.8 Å². The Labute approximate surface area is 147 Å². The maximum absolute atomic E-state index is 12.3. The second kappa shape index (κ2) is 7.92. The zero-order valence-corrected chi connectivity index (χ0v) is 14.5. The van der Waals surface area contributed by atoms with Crippen LogP contribution in [0.25, 0.3) is 0 Å². The quantitative estimate of drug-likeness (QED) is 0.876. The van der Waals surface area contributed by atoms with Gasteiger partial charge in [0.15, 0.2) is 11.5 Å². The molecular weight excluding hydrogens is 318 g/mol. The first-order chi connectivity index (χ1) is 12.1. The topological polar surface area (TPSA) is 56.8 Å². The monoisotopic (exact) mass is 341 g/mol. The van der Waals surface area contributed by atoms with E-state index in [1.165, 1.54) is 0 Å². The molecule has 0 radical (unpaired) electrons. The molecule has 0 spiro atoms. The highest BCUT2D eigenvalue weighted by atomic mass is 16.6. The van der Waals surface area contributed by atoms with Crippen molar-refractivity contribution in [3.63, 3.8) is 0 Å². The predicted octanol–water partition coefficient (Wildman–Crippen LogP) is 3.29. The minimum atomic E-state index is -0.201. The van der Waals surface area contributed by atoms with Gasteiger partial charge in [-0.05, 0) is 42.3 Å². The normalized spacial score (nSPS) is 15.7. The lowest BCUT2D eigenvalue weighted by atomic mass is 10.2. The van der Waals surface area contributed by atoms with Crippen molar-refractivity contribution in [3.8, 4) is 17.2 Å². The Hall–Kier alpha value is -2.69. The molecule has 3 rings (SSSR count). The number of carbonyl (C=O) groups is 1. The number of carbonyl (C=O) groups excluding carboxylic acids is 1. The molecule has 0 saturated carbocycles. The number of fused-ring (bicyclic) bond motifs is 1. The van der Waals surface area contributed by atoms with Crippen molar-refractivity contribution < 1.29 is 19.0 Å². The van der Waals surface area contributed by atoms with Crippen molar-refractivity contribution in [1.82, 2.24) is 5.32 Å². The first kappa shape index (κ1) is 17.1. The summed E-state index contributed by atoms with van der Waals surface area (Å²) in [5.74, 6) is 2.54. The largest absolute Gasteiger partial charge is 0.493 e. The number of nitrogens with one attached hydrogen (secondary N) is 1. The molecule has 2 aromatic rings. The molecule has 25 heavy (non-hydrogen) atoms. The highest BCUT2D eigenvalue weighted by molar-refractivity contribution is 5.94. The van der Waals surface area contributed by atoms with E-state index in [0.29, 0.717) is 37.0 Å². The summed E-state index contributed by atoms with van der Waals surface area (Å²) in [7, 11) is 0. The van der Waals surface area contributed by atoms with Gasteiger partial charge in [0, 0.05) is 5.56 Å². The van der Waals surface area contributed by atoms with E-state index in [-0.39, 0.29) is 12.0 Å². The van der Waals surface area contributed by atoms with E-state index in [2.05, 4.69) is 19.2 Å². The van der Waals surface area contributed by atoms with E-state index >= 15 is 0 Å². The zero-order chi connectivity index (χ0) is 17.6. The maximum Gasteiger partial charge on any atom is 0.251 e. The van der Waals surface area contributed by atoms with E-state index < -0.39 is 0 Å². The highest BCUT2D eigenvalue weighted by Crippen LogP contribution is 2.30. The summed E-state index contributed by atoms with van der Waals surface area (Å²) in [4.78, 5) is 12.3. The summed E-state index contributed by atoms with van der Waals surface area (Å²) in [5.41, 5.74) is 0.592. The van der Waals surface area contributed by atoms with E-state index in [4.69, 9.17) is 14.2 Å². The molecule has 0 unspecified atom stereocenters. The van der Waals surface area contributed by atoms with Crippen LogP contribution in [0, 0.1) is 5.92 Å². The summed E-state index contributed by atoms with van der Waals surface area (Å²) < 4.78 is 17.1. The molecule has 0 saturated heterocycles. The van der Waals surface area contributed by atoms with Gasteiger partial charge >= 0.3 is 0 Å². The van der Waals surface area contributed by atoms with Crippen LogP contribution in [0.5, 0.6) is 17.2 Å². The Bertz CT molecular complexity index is 712.